The summed E-state index contributed by atoms with van der Waals surface area (Å²) in [5, 5.41) is 45.6. The zero-order valence-corrected chi connectivity index (χ0v) is 40.9. The molecule has 9 nitrogen and oxygen atoms in total. The topological polar surface area (TPSA) is 154 Å². The number of aldehydes is 1. The number of rotatable bonds is 12. The van der Waals surface area contributed by atoms with E-state index in [0.29, 0.717) is 53.9 Å². The van der Waals surface area contributed by atoms with Gasteiger partial charge >= 0.3 is 0 Å². The number of aliphatic hydroxyl groups excluding tert-OH is 4. The van der Waals surface area contributed by atoms with E-state index < -0.39 is 6.10 Å². The molecule has 2 aromatic rings. The van der Waals surface area contributed by atoms with E-state index in [0.717, 1.165) is 88.8 Å². The van der Waals surface area contributed by atoms with Crippen LogP contribution in [0, 0.1) is 57.2 Å². The van der Waals surface area contributed by atoms with Gasteiger partial charge in [-0.25, -0.2) is 0 Å². The number of carbonyl (C=O) groups excluding carboxylic acids is 1. The Labute approximate surface area is 392 Å². The lowest BCUT2D eigenvalue weighted by Gasteiger charge is -2.55. The molecule has 6 fully saturated rings. The number of hydrogen-bond donors (Lipinski definition) is 6. The predicted molar refractivity (Wildman–Crippen MR) is 262 cm³/mol. The van der Waals surface area contributed by atoms with Gasteiger partial charge in [0.1, 0.15) is 17.8 Å². The lowest BCUT2D eigenvalue weighted by molar-refractivity contribution is -0.120. The van der Waals surface area contributed by atoms with E-state index in [1.54, 1.807) is 38.5 Å². The van der Waals surface area contributed by atoms with Crippen LogP contribution in [0.3, 0.4) is 0 Å². The third-order valence-electron chi connectivity index (χ3n) is 18.9. The Hall–Kier alpha value is -3.05. The summed E-state index contributed by atoms with van der Waals surface area (Å²) in [6.45, 7) is 20.9. The molecule has 0 spiro atoms. The minimum absolute atomic E-state index is 0.0652. The molecule has 14 atom stereocenters. The molecule has 0 saturated heterocycles. The molecule has 6 saturated carbocycles. The number of fused-ring (bicyclic) bond motifs is 2. The molecule has 0 radical (unpaired) electrons. The number of allylic oxidation sites excluding steroid dienone is 2. The summed E-state index contributed by atoms with van der Waals surface area (Å²) in [4.78, 5) is 10.2. The van der Waals surface area contributed by atoms with Gasteiger partial charge in [-0.2, -0.15) is 0 Å². The van der Waals surface area contributed by atoms with Crippen molar-refractivity contribution in [2.45, 2.75) is 161 Å². The second-order valence-corrected chi connectivity index (χ2v) is 22.1. The van der Waals surface area contributed by atoms with Crippen molar-refractivity contribution in [2.24, 2.45) is 62.9 Å². The third kappa shape index (κ3) is 11.0. The van der Waals surface area contributed by atoms with E-state index in [-0.39, 0.29) is 40.0 Å². The molecule has 0 aliphatic heterocycles. The van der Waals surface area contributed by atoms with Crippen molar-refractivity contribution in [2.75, 3.05) is 27.3 Å². The molecule has 2 aromatic carbocycles. The maximum atomic E-state index is 11.1. The van der Waals surface area contributed by atoms with Crippen LogP contribution in [0.1, 0.15) is 146 Å². The van der Waals surface area contributed by atoms with Crippen molar-refractivity contribution in [3.8, 4) is 11.5 Å². The Kier molecular flexibility index (Phi) is 17.3. The fourth-order valence-electron chi connectivity index (χ4n) is 14.4. The van der Waals surface area contributed by atoms with E-state index in [4.69, 9.17) is 15.2 Å². The van der Waals surface area contributed by atoms with Crippen LogP contribution in [0.2, 0.25) is 0 Å². The van der Waals surface area contributed by atoms with E-state index >= 15 is 0 Å². The molecule has 0 unspecified atom stereocenters. The molecule has 6 aliphatic rings. The van der Waals surface area contributed by atoms with Crippen molar-refractivity contribution < 1.29 is 34.7 Å². The van der Waals surface area contributed by atoms with Gasteiger partial charge in [0, 0.05) is 12.1 Å². The van der Waals surface area contributed by atoms with E-state index in [9.17, 15) is 25.2 Å². The average Bonchev–Trinajstić information content (AvgIpc) is 3.79. The van der Waals surface area contributed by atoms with Crippen LogP contribution in [-0.4, -0.2) is 78.4 Å². The quantitative estimate of drug-likeness (QED) is 0.0694. The summed E-state index contributed by atoms with van der Waals surface area (Å²) in [5.41, 5.74) is 11.2. The summed E-state index contributed by atoms with van der Waals surface area (Å²) < 4.78 is 10.2. The van der Waals surface area contributed by atoms with Crippen molar-refractivity contribution >= 4 is 6.29 Å². The average molecular weight is 899 g/mol. The molecule has 7 N–H and O–H groups in total. The second kappa shape index (κ2) is 21.9. The molecule has 0 amide bonds. The Balaban J connectivity index is 0.000000184. The third-order valence-corrected chi connectivity index (χ3v) is 18.9. The zero-order chi connectivity index (χ0) is 47.2. The molecule has 8 rings (SSSR count). The van der Waals surface area contributed by atoms with Crippen LogP contribution in [-0.2, 0) is 6.54 Å². The number of aliphatic hydroxyl groups is 4. The molecule has 65 heavy (non-hydrogen) atoms. The van der Waals surface area contributed by atoms with Gasteiger partial charge in [0.25, 0.3) is 0 Å². The molecule has 0 aromatic heterocycles. The van der Waals surface area contributed by atoms with Crippen molar-refractivity contribution in [3.63, 3.8) is 0 Å². The number of nitrogens with two attached hydrogens (primary N) is 1. The minimum Gasteiger partial charge on any atom is -0.497 e. The highest BCUT2D eigenvalue weighted by Crippen LogP contribution is 2.65. The highest BCUT2D eigenvalue weighted by Gasteiger charge is 2.58. The number of methoxy groups -OCH3 is 2. The van der Waals surface area contributed by atoms with E-state index in [1.165, 1.54) is 55.2 Å². The Morgan fingerprint density at radius 3 is 1.51 bits per heavy atom. The summed E-state index contributed by atoms with van der Waals surface area (Å²) in [7, 11) is 3.29. The SMILES string of the molecule is C=C1CC[C@H]2[C@H](CCN)[C@@H]([C@@]3(C)CC[C@H](O)C[C@@H]3O)CC[C@]12C.C=C1CC[C@H]2[C@H](CCNCc3ccc(OC)cc3)[C@@H]([C@@]3(C)CC[C@H](O)C[C@@H]3O)CC[C@]12C.COc1ccc(C=O)cc1. The summed E-state index contributed by atoms with van der Waals surface area (Å²) in [6, 6.07) is 15.2. The smallest absolute Gasteiger partial charge is 0.150 e. The van der Waals surface area contributed by atoms with Gasteiger partial charge in [-0.1, -0.05) is 64.1 Å². The number of ether oxygens (including phenoxy) is 2. The van der Waals surface area contributed by atoms with Crippen LogP contribution in [0.15, 0.2) is 72.8 Å². The van der Waals surface area contributed by atoms with Crippen LogP contribution in [0.25, 0.3) is 0 Å². The van der Waals surface area contributed by atoms with Gasteiger partial charge in [0.05, 0.1) is 38.6 Å². The molecule has 6 aliphatic carbocycles. The fourth-order valence-corrected chi connectivity index (χ4v) is 14.4. The molecule has 0 bridgehead atoms. The summed E-state index contributed by atoms with van der Waals surface area (Å²) in [6.07, 6.45) is 15.7. The minimum atomic E-state index is -0.403. The van der Waals surface area contributed by atoms with Gasteiger partial charge in [0.2, 0.25) is 0 Å². The predicted octanol–water partition coefficient (Wildman–Crippen LogP) is 9.84. The monoisotopic (exact) mass is 899 g/mol. The van der Waals surface area contributed by atoms with Crippen LogP contribution in [0.4, 0.5) is 0 Å². The Morgan fingerprint density at radius 2 is 1.09 bits per heavy atom. The Bertz CT molecular complexity index is 1870. The largest absolute Gasteiger partial charge is 0.497 e. The van der Waals surface area contributed by atoms with E-state index in [2.05, 4.69) is 58.3 Å². The van der Waals surface area contributed by atoms with Gasteiger partial charge in [0.15, 0.2) is 0 Å². The normalized spacial score (nSPS) is 38.9. The van der Waals surface area contributed by atoms with Gasteiger partial charge in [-0.3, -0.25) is 4.79 Å². The lowest BCUT2D eigenvalue weighted by Crippen LogP contribution is -2.52. The van der Waals surface area contributed by atoms with Crippen molar-refractivity contribution in [1.29, 1.82) is 0 Å². The van der Waals surface area contributed by atoms with Crippen molar-refractivity contribution in [3.05, 3.63) is 84.0 Å². The Morgan fingerprint density at radius 1 is 0.646 bits per heavy atom. The maximum absolute atomic E-state index is 11.1. The van der Waals surface area contributed by atoms with E-state index in [1.807, 2.05) is 12.1 Å². The van der Waals surface area contributed by atoms with Crippen LogP contribution < -0.4 is 20.5 Å². The van der Waals surface area contributed by atoms with Crippen LogP contribution in [0.5, 0.6) is 11.5 Å². The number of benzene rings is 2. The first-order valence-electron chi connectivity index (χ1n) is 25.2. The molecule has 9 heteroatoms. The molecular weight excluding hydrogens is 813 g/mol. The first-order chi connectivity index (χ1) is 31.0. The standard InChI is InChI=1S/C28H43NO3.C20H35NO2.C8H8O2/c1-19-5-10-24-23(13-16-29-18-20-6-8-22(32-4)9-7-20)25(12-15-27(19,24)2)28(3)14-11-21(30)17-26(28)31;1-13-4-5-16-15(8-11-21)17(7-10-19(13,16)2)20(3)9-6-14(22)12-18(20)23;1-10-8-4-2-7(6-9)3-5-8/h6-9,21,23-26,29-31H,1,5,10-18H2,2-4H3;14-18,22-23H,1,4-12,21H2,2-3H3;2-6H,1H3/t21-,23-,24-,25-,26-,27+,28+;14-,15-,16-,17-,18-,19+,20+;/m00./s1. The number of carbonyl (C=O) groups is 1. The maximum Gasteiger partial charge on any atom is 0.150 e. The highest BCUT2D eigenvalue weighted by molar-refractivity contribution is 5.74. The molecular formula is C56H86N2O7. The first kappa shape index (κ1) is 51.3. The molecule has 362 valence electrons. The van der Waals surface area contributed by atoms with Crippen LogP contribution >= 0.6 is 0 Å². The first-order valence-corrected chi connectivity index (χ1v) is 25.2. The fraction of sp³-hybridized carbons (Fsp3) is 0.696. The molecule has 0 heterocycles. The highest BCUT2D eigenvalue weighted by atomic mass is 16.5. The van der Waals surface area contributed by atoms with Crippen molar-refractivity contribution in [1.82, 2.24) is 5.32 Å². The summed E-state index contributed by atoms with van der Waals surface area (Å²) >= 11 is 0. The summed E-state index contributed by atoms with van der Waals surface area (Å²) in [5.74, 6) is 5.21. The number of nitrogens with one attached hydrogen (secondary N) is 1. The van der Waals surface area contributed by atoms with Gasteiger partial charge in [-0.15, -0.1) is 0 Å². The second-order valence-electron chi connectivity index (χ2n) is 22.1. The number of hydrogen-bond acceptors (Lipinski definition) is 9. The van der Waals surface area contributed by atoms with Gasteiger partial charge in [-0.05, 0) is 215 Å². The lowest BCUT2D eigenvalue weighted by atomic mass is 9.50. The zero-order valence-electron chi connectivity index (χ0n) is 40.9. The van der Waals surface area contributed by atoms with Gasteiger partial charge < -0.3 is 41.0 Å².